The zero-order chi connectivity index (χ0) is 19.5. The molecule has 0 saturated carbocycles. The molecule has 0 spiro atoms. The first-order valence-corrected chi connectivity index (χ1v) is 9.33. The van der Waals surface area contributed by atoms with E-state index < -0.39 is 0 Å². The molecule has 1 aromatic heterocycles. The Hall–Kier alpha value is -3.13. The number of aromatic nitrogens is 2. The fourth-order valence-electron chi connectivity index (χ4n) is 2.76. The summed E-state index contributed by atoms with van der Waals surface area (Å²) in [5.74, 6) is 0.975. The topological polar surface area (TPSA) is 17.8 Å². The molecule has 0 saturated heterocycles. The summed E-state index contributed by atoms with van der Waals surface area (Å²) in [7, 11) is 0. The second-order valence-corrected chi connectivity index (χ2v) is 5.89. The first kappa shape index (κ1) is 20.2. The van der Waals surface area contributed by atoms with Gasteiger partial charge in [-0.2, -0.15) is 0 Å². The molecule has 0 N–H and O–H groups in total. The summed E-state index contributed by atoms with van der Waals surface area (Å²) < 4.78 is 2.21. The molecule has 0 unspecified atom stereocenters. The lowest BCUT2D eigenvalue weighted by atomic mass is 10.2. The van der Waals surface area contributed by atoms with Crippen LogP contribution < -0.4 is 0 Å². The minimum Gasteiger partial charge on any atom is -0.292 e. The van der Waals surface area contributed by atoms with Crippen molar-refractivity contribution in [3.05, 3.63) is 103 Å². The monoisotopic (exact) mass is 356 g/mol. The van der Waals surface area contributed by atoms with Crippen molar-refractivity contribution in [3.8, 4) is 5.69 Å². The third-order valence-corrected chi connectivity index (χ3v) is 3.99. The molecule has 0 bridgehead atoms. The minimum atomic E-state index is 0.975. The number of fused-ring (bicyclic) bond motifs is 1. The lowest BCUT2D eigenvalue weighted by molar-refractivity contribution is 1.06. The summed E-state index contributed by atoms with van der Waals surface area (Å²) in [5.41, 5.74) is 4.39. The highest BCUT2D eigenvalue weighted by molar-refractivity contribution is 5.84. The number of hydrogen-bond acceptors (Lipinski definition) is 1. The van der Waals surface area contributed by atoms with Crippen LogP contribution in [0.3, 0.4) is 0 Å². The Morgan fingerprint density at radius 3 is 2.00 bits per heavy atom. The van der Waals surface area contributed by atoms with Gasteiger partial charge in [0.2, 0.25) is 0 Å². The summed E-state index contributed by atoms with van der Waals surface area (Å²) >= 11 is 0. The van der Waals surface area contributed by atoms with Crippen molar-refractivity contribution >= 4 is 16.6 Å². The van der Waals surface area contributed by atoms with Gasteiger partial charge in [-0.3, -0.25) is 4.57 Å². The molecule has 0 aliphatic rings. The standard InChI is InChI=1S/C19H18N2.C6H10/c1-3-10-15(4-2)19-20-17-13-8-9-14-18(17)21(19)16-11-6-5-7-12-16;1-3-5-6-4-2/h3-14H,1-2H3;3-6H,1-2H3/b10-3-,15-4+;5-3-,6-4-. The van der Waals surface area contributed by atoms with Crippen LogP contribution in [0.1, 0.15) is 33.5 Å². The molecule has 0 aliphatic heterocycles. The summed E-state index contributed by atoms with van der Waals surface area (Å²) in [6.45, 7) is 8.07. The highest BCUT2D eigenvalue weighted by Crippen LogP contribution is 2.26. The summed E-state index contributed by atoms with van der Waals surface area (Å²) in [6, 6.07) is 18.6. The summed E-state index contributed by atoms with van der Waals surface area (Å²) in [4.78, 5) is 4.82. The zero-order valence-corrected chi connectivity index (χ0v) is 16.6. The van der Waals surface area contributed by atoms with Crippen LogP contribution in [0.4, 0.5) is 0 Å². The van der Waals surface area contributed by atoms with Crippen LogP contribution >= 0.6 is 0 Å². The second-order valence-electron chi connectivity index (χ2n) is 5.89. The maximum Gasteiger partial charge on any atom is 0.145 e. The number of para-hydroxylation sites is 3. The van der Waals surface area contributed by atoms with E-state index in [0.717, 1.165) is 28.1 Å². The highest BCUT2D eigenvalue weighted by atomic mass is 15.1. The Kier molecular flexibility index (Phi) is 8.05. The molecule has 138 valence electrons. The SMILES string of the molecule is C/C=C\C(=C/C)c1nc2ccccc2n1-c1ccccc1.C/C=C\C=C/C. The van der Waals surface area contributed by atoms with Crippen LogP contribution in [-0.4, -0.2) is 9.55 Å². The smallest absolute Gasteiger partial charge is 0.145 e. The molecule has 3 rings (SSSR count). The fourth-order valence-corrected chi connectivity index (χ4v) is 2.76. The maximum atomic E-state index is 4.82. The van der Waals surface area contributed by atoms with E-state index in [4.69, 9.17) is 4.98 Å². The van der Waals surface area contributed by atoms with Crippen molar-refractivity contribution in [1.82, 2.24) is 9.55 Å². The molecule has 3 aromatic rings. The largest absolute Gasteiger partial charge is 0.292 e. The number of hydrogen-bond donors (Lipinski definition) is 0. The number of benzene rings is 2. The molecule has 0 radical (unpaired) electrons. The predicted molar refractivity (Wildman–Crippen MR) is 119 cm³/mol. The van der Waals surface area contributed by atoms with Gasteiger partial charge in [0, 0.05) is 11.3 Å². The van der Waals surface area contributed by atoms with Crippen molar-refractivity contribution < 1.29 is 0 Å². The van der Waals surface area contributed by atoms with Crippen LogP contribution in [0.15, 0.2) is 97.1 Å². The molecular formula is C25H28N2. The van der Waals surface area contributed by atoms with Crippen molar-refractivity contribution in [2.45, 2.75) is 27.7 Å². The Bertz CT molecular complexity index is 944. The first-order chi connectivity index (χ1) is 13.3. The number of nitrogens with zero attached hydrogens (tertiary/aromatic N) is 2. The molecule has 0 aliphatic carbocycles. The van der Waals surface area contributed by atoms with E-state index in [0.29, 0.717) is 0 Å². The Labute approximate surface area is 162 Å². The average Bonchev–Trinajstić information content (AvgIpc) is 3.11. The Morgan fingerprint density at radius 2 is 1.41 bits per heavy atom. The fraction of sp³-hybridized carbons (Fsp3) is 0.160. The minimum absolute atomic E-state index is 0.975. The maximum absolute atomic E-state index is 4.82. The zero-order valence-electron chi connectivity index (χ0n) is 16.6. The first-order valence-electron chi connectivity index (χ1n) is 9.33. The van der Waals surface area contributed by atoms with Gasteiger partial charge in [-0.15, -0.1) is 0 Å². The highest BCUT2D eigenvalue weighted by Gasteiger charge is 2.13. The van der Waals surface area contributed by atoms with Crippen LogP contribution in [0.2, 0.25) is 0 Å². The van der Waals surface area contributed by atoms with Crippen molar-refractivity contribution in [3.63, 3.8) is 0 Å². The van der Waals surface area contributed by atoms with Gasteiger partial charge < -0.3 is 0 Å². The van der Waals surface area contributed by atoms with Crippen LogP contribution in [0.5, 0.6) is 0 Å². The van der Waals surface area contributed by atoms with Gasteiger partial charge in [-0.05, 0) is 52.0 Å². The molecule has 0 atom stereocenters. The van der Waals surface area contributed by atoms with Crippen LogP contribution in [0.25, 0.3) is 22.3 Å². The van der Waals surface area contributed by atoms with Gasteiger partial charge in [0.25, 0.3) is 0 Å². The second kappa shape index (κ2) is 10.8. The van der Waals surface area contributed by atoms with Gasteiger partial charge in [-0.1, -0.05) is 72.9 Å². The van der Waals surface area contributed by atoms with E-state index in [9.17, 15) is 0 Å². The van der Waals surface area contributed by atoms with Crippen molar-refractivity contribution in [2.75, 3.05) is 0 Å². The molecule has 2 nitrogen and oxygen atoms in total. The van der Waals surface area contributed by atoms with E-state index in [1.54, 1.807) is 0 Å². The third-order valence-electron chi connectivity index (χ3n) is 3.99. The van der Waals surface area contributed by atoms with Gasteiger partial charge in [0.1, 0.15) is 5.82 Å². The van der Waals surface area contributed by atoms with Crippen LogP contribution in [0, 0.1) is 0 Å². The van der Waals surface area contributed by atoms with E-state index >= 15 is 0 Å². The van der Waals surface area contributed by atoms with Gasteiger partial charge in [-0.25, -0.2) is 4.98 Å². The Balaban J connectivity index is 0.000000380. The van der Waals surface area contributed by atoms with Gasteiger partial charge >= 0.3 is 0 Å². The predicted octanol–water partition coefficient (Wildman–Crippen LogP) is 7.14. The average molecular weight is 357 g/mol. The number of imidazole rings is 1. The molecule has 0 amide bonds. The Morgan fingerprint density at radius 1 is 0.778 bits per heavy atom. The lowest BCUT2D eigenvalue weighted by Gasteiger charge is -2.09. The van der Waals surface area contributed by atoms with E-state index in [2.05, 4.69) is 59.2 Å². The molecule has 0 fully saturated rings. The van der Waals surface area contributed by atoms with E-state index in [1.165, 1.54) is 0 Å². The van der Waals surface area contributed by atoms with Gasteiger partial charge in [0.05, 0.1) is 11.0 Å². The summed E-state index contributed by atoms with van der Waals surface area (Å²) in [6.07, 6.45) is 14.2. The molecule has 1 heterocycles. The lowest BCUT2D eigenvalue weighted by Crippen LogP contribution is -1.99. The van der Waals surface area contributed by atoms with Gasteiger partial charge in [0.15, 0.2) is 0 Å². The van der Waals surface area contributed by atoms with Crippen molar-refractivity contribution in [1.29, 1.82) is 0 Å². The number of rotatable bonds is 4. The quantitative estimate of drug-likeness (QED) is 0.454. The van der Waals surface area contributed by atoms with Crippen LogP contribution in [-0.2, 0) is 0 Å². The van der Waals surface area contributed by atoms with Crippen molar-refractivity contribution in [2.24, 2.45) is 0 Å². The van der Waals surface area contributed by atoms with E-state index in [-0.39, 0.29) is 0 Å². The normalized spacial score (nSPS) is 12.2. The van der Waals surface area contributed by atoms with E-state index in [1.807, 2.05) is 70.2 Å². The third kappa shape index (κ3) is 5.18. The molecule has 2 heteroatoms. The molecule has 27 heavy (non-hydrogen) atoms. The number of allylic oxidation sites excluding steroid dienone is 8. The summed E-state index contributed by atoms with van der Waals surface area (Å²) in [5, 5.41) is 0. The molecule has 2 aromatic carbocycles. The molecular weight excluding hydrogens is 328 g/mol.